The van der Waals surface area contributed by atoms with Crippen LogP contribution in [-0.2, 0) is 11.2 Å². The van der Waals surface area contributed by atoms with Gasteiger partial charge in [0.2, 0.25) is 0 Å². The minimum atomic E-state index is -0.689. The number of aliphatic carboxylic acids is 1. The van der Waals surface area contributed by atoms with Gasteiger partial charge in [0, 0.05) is 19.5 Å². The summed E-state index contributed by atoms with van der Waals surface area (Å²) in [6.07, 6.45) is 1.81. The second-order valence-corrected chi connectivity index (χ2v) is 6.41. The number of nitrogens with zero attached hydrogens (tertiary/aromatic N) is 1. The molecule has 2 heterocycles. The van der Waals surface area contributed by atoms with Crippen LogP contribution >= 0.6 is 0 Å². The largest absolute Gasteiger partial charge is 0.488 e. The zero-order valence-corrected chi connectivity index (χ0v) is 12.1. The van der Waals surface area contributed by atoms with Gasteiger partial charge in [-0.05, 0) is 38.4 Å². The lowest BCUT2D eigenvalue weighted by atomic mass is 9.90. The molecule has 1 aromatic rings. The predicted molar refractivity (Wildman–Crippen MR) is 76.1 cm³/mol. The molecule has 1 saturated heterocycles. The van der Waals surface area contributed by atoms with E-state index >= 15 is 0 Å². The first kappa shape index (κ1) is 13.4. The molecule has 1 N–H and O–H groups in total. The molecule has 2 aliphatic heterocycles. The molecule has 3 rings (SSSR count). The van der Waals surface area contributed by atoms with Crippen molar-refractivity contribution in [3.63, 3.8) is 0 Å². The third-order valence-corrected chi connectivity index (χ3v) is 4.49. The Balaban J connectivity index is 1.61. The molecule has 0 saturated carbocycles. The molecule has 2 unspecified atom stereocenters. The number of carboxylic acid groups (broad SMARTS) is 1. The van der Waals surface area contributed by atoms with Crippen molar-refractivity contribution in [3.8, 4) is 5.75 Å². The van der Waals surface area contributed by atoms with Crippen LogP contribution in [0.2, 0.25) is 0 Å². The van der Waals surface area contributed by atoms with Crippen molar-refractivity contribution in [1.29, 1.82) is 0 Å². The van der Waals surface area contributed by atoms with E-state index in [1.54, 1.807) is 0 Å². The van der Waals surface area contributed by atoms with E-state index < -0.39 is 11.4 Å². The number of benzene rings is 1. The quantitative estimate of drug-likeness (QED) is 0.917. The molecule has 20 heavy (non-hydrogen) atoms. The number of ether oxygens (including phenoxy) is 1. The highest BCUT2D eigenvalue weighted by Crippen LogP contribution is 2.33. The molecule has 0 spiro atoms. The van der Waals surface area contributed by atoms with Crippen LogP contribution in [0, 0.1) is 12.3 Å². The summed E-state index contributed by atoms with van der Waals surface area (Å²) in [4.78, 5) is 13.5. The number of carbonyl (C=O) groups is 1. The Morgan fingerprint density at radius 1 is 1.55 bits per heavy atom. The molecule has 1 fully saturated rings. The Morgan fingerprint density at radius 2 is 2.35 bits per heavy atom. The lowest BCUT2D eigenvalue weighted by Crippen LogP contribution is -2.36. The Labute approximate surface area is 119 Å². The molecule has 0 amide bonds. The smallest absolute Gasteiger partial charge is 0.310 e. The van der Waals surface area contributed by atoms with E-state index in [1.165, 1.54) is 11.1 Å². The number of rotatable bonds is 3. The van der Waals surface area contributed by atoms with E-state index in [2.05, 4.69) is 24.0 Å². The van der Waals surface area contributed by atoms with Crippen LogP contribution in [0.25, 0.3) is 0 Å². The van der Waals surface area contributed by atoms with Crippen LogP contribution in [-0.4, -0.2) is 41.7 Å². The average Bonchev–Trinajstić information content (AvgIpc) is 2.93. The molecule has 0 bridgehead atoms. The highest BCUT2D eigenvalue weighted by molar-refractivity contribution is 5.74. The maximum Gasteiger partial charge on any atom is 0.310 e. The second-order valence-electron chi connectivity index (χ2n) is 6.41. The Kier molecular flexibility index (Phi) is 3.21. The summed E-state index contributed by atoms with van der Waals surface area (Å²) in [5.74, 6) is 0.298. The normalized spacial score (nSPS) is 29.2. The van der Waals surface area contributed by atoms with Crippen LogP contribution in [0.3, 0.4) is 0 Å². The summed E-state index contributed by atoms with van der Waals surface area (Å²) in [7, 11) is 0. The van der Waals surface area contributed by atoms with Crippen molar-refractivity contribution in [2.75, 3.05) is 19.6 Å². The van der Waals surface area contributed by atoms with Gasteiger partial charge in [0.05, 0.1) is 5.41 Å². The van der Waals surface area contributed by atoms with Crippen molar-refractivity contribution in [3.05, 3.63) is 29.3 Å². The van der Waals surface area contributed by atoms with Crippen molar-refractivity contribution in [2.45, 2.75) is 32.8 Å². The molecule has 4 nitrogen and oxygen atoms in total. The van der Waals surface area contributed by atoms with Gasteiger partial charge in [-0.3, -0.25) is 9.69 Å². The SMILES string of the molecule is Cc1ccc2c(c1)CC(CN1CCC(C)(C(=O)O)C1)O2. The number of carboxylic acids is 1. The zero-order chi connectivity index (χ0) is 14.3. The van der Waals surface area contributed by atoms with Gasteiger partial charge < -0.3 is 9.84 Å². The summed E-state index contributed by atoms with van der Waals surface area (Å²) < 4.78 is 5.96. The van der Waals surface area contributed by atoms with Crippen molar-refractivity contribution >= 4 is 5.97 Å². The monoisotopic (exact) mass is 275 g/mol. The Morgan fingerprint density at radius 3 is 3.05 bits per heavy atom. The van der Waals surface area contributed by atoms with Crippen LogP contribution in [0.5, 0.6) is 5.75 Å². The minimum Gasteiger partial charge on any atom is -0.488 e. The van der Waals surface area contributed by atoms with Gasteiger partial charge in [-0.1, -0.05) is 17.7 Å². The van der Waals surface area contributed by atoms with Gasteiger partial charge in [0.15, 0.2) is 0 Å². The number of hydrogen-bond acceptors (Lipinski definition) is 3. The molecule has 108 valence electrons. The third kappa shape index (κ3) is 2.40. The van der Waals surface area contributed by atoms with Crippen LogP contribution in [0.4, 0.5) is 0 Å². The Bertz CT molecular complexity index is 543. The molecule has 0 radical (unpaired) electrons. The number of likely N-dealkylation sites (tertiary alicyclic amines) is 1. The first-order chi connectivity index (χ1) is 9.46. The minimum absolute atomic E-state index is 0.156. The number of fused-ring (bicyclic) bond motifs is 1. The van der Waals surface area contributed by atoms with E-state index in [1.807, 2.05) is 13.0 Å². The fourth-order valence-electron chi connectivity index (χ4n) is 3.23. The van der Waals surface area contributed by atoms with Crippen LogP contribution in [0.15, 0.2) is 18.2 Å². The summed E-state index contributed by atoms with van der Waals surface area (Å²) in [6, 6.07) is 6.29. The molecule has 2 atom stereocenters. The lowest BCUT2D eigenvalue weighted by Gasteiger charge is -2.22. The van der Waals surface area contributed by atoms with Gasteiger partial charge in [0.25, 0.3) is 0 Å². The number of aryl methyl sites for hydroxylation is 1. The fourth-order valence-corrected chi connectivity index (χ4v) is 3.23. The van der Waals surface area contributed by atoms with E-state index in [-0.39, 0.29) is 6.10 Å². The molecular weight excluding hydrogens is 254 g/mol. The standard InChI is InChI=1S/C16H21NO3/c1-11-3-4-14-12(7-11)8-13(20-14)9-17-6-5-16(2,10-17)15(18)19/h3-4,7,13H,5-6,8-10H2,1-2H3,(H,18,19). The summed E-state index contributed by atoms with van der Waals surface area (Å²) in [5, 5.41) is 9.27. The molecule has 2 aliphatic rings. The molecule has 4 heteroatoms. The summed E-state index contributed by atoms with van der Waals surface area (Å²) in [5.41, 5.74) is 1.94. The highest BCUT2D eigenvalue weighted by Gasteiger charge is 2.41. The predicted octanol–water partition coefficient (Wildman–Crippen LogP) is 2.10. The maximum absolute atomic E-state index is 11.3. The fraction of sp³-hybridized carbons (Fsp3) is 0.562. The second kappa shape index (κ2) is 4.77. The zero-order valence-electron chi connectivity index (χ0n) is 12.1. The van der Waals surface area contributed by atoms with E-state index in [9.17, 15) is 9.90 Å². The van der Waals surface area contributed by atoms with E-state index in [4.69, 9.17) is 4.74 Å². The highest BCUT2D eigenvalue weighted by atomic mass is 16.5. The van der Waals surface area contributed by atoms with Gasteiger partial charge >= 0.3 is 5.97 Å². The molecule has 0 aliphatic carbocycles. The van der Waals surface area contributed by atoms with E-state index in [0.29, 0.717) is 6.54 Å². The topological polar surface area (TPSA) is 49.8 Å². The van der Waals surface area contributed by atoms with Crippen LogP contribution in [0.1, 0.15) is 24.5 Å². The van der Waals surface area contributed by atoms with E-state index in [0.717, 1.165) is 31.7 Å². The van der Waals surface area contributed by atoms with Gasteiger partial charge in [-0.2, -0.15) is 0 Å². The van der Waals surface area contributed by atoms with Crippen LogP contribution < -0.4 is 4.74 Å². The third-order valence-electron chi connectivity index (χ3n) is 4.49. The number of hydrogen-bond donors (Lipinski definition) is 1. The lowest BCUT2D eigenvalue weighted by molar-refractivity contribution is -0.147. The average molecular weight is 275 g/mol. The summed E-state index contributed by atoms with van der Waals surface area (Å²) in [6.45, 7) is 6.21. The molecule has 1 aromatic carbocycles. The maximum atomic E-state index is 11.3. The molecule has 0 aromatic heterocycles. The molecular formula is C16H21NO3. The van der Waals surface area contributed by atoms with Crippen molar-refractivity contribution in [2.24, 2.45) is 5.41 Å². The van der Waals surface area contributed by atoms with Gasteiger partial charge in [-0.25, -0.2) is 0 Å². The van der Waals surface area contributed by atoms with Gasteiger partial charge in [-0.15, -0.1) is 0 Å². The first-order valence-electron chi connectivity index (χ1n) is 7.18. The van der Waals surface area contributed by atoms with Crippen molar-refractivity contribution < 1.29 is 14.6 Å². The van der Waals surface area contributed by atoms with Gasteiger partial charge in [0.1, 0.15) is 11.9 Å². The first-order valence-corrected chi connectivity index (χ1v) is 7.18. The van der Waals surface area contributed by atoms with Crippen molar-refractivity contribution in [1.82, 2.24) is 4.90 Å². The Hall–Kier alpha value is -1.55. The summed E-state index contributed by atoms with van der Waals surface area (Å²) >= 11 is 0.